The first kappa shape index (κ1) is 11.1. The van der Waals surface area contributed by atoms with E-state index in [-0.39, 0.29) is 11.8 Å². The molecule has 0 saturated heterocycles. The number of carboxylic acids is 1. The molecule has 3 atom stereocenters. The van der Waals surface area contributed by atoms with Crippen molar-refractivity contribution in [2.75, 3.05) is 0 Å². The SMILES string of the molecule is CCc1nc(C2CC(C)CC2C(=O)O)n[nH]1. The normalized spacial score (nSPS) is 29.5. The minimum Gasteiger partial charge on any atom is -0.481 e. The van der Waals surface area contributed by atoms with E-state index in [1.165, 1.54) is 0 Å². The highest BCUT2D eigenvalue weighted by atomic mass is 16.4. The molecule has 5 nitrogen and oxygen atoms in total. The lowest BCUT2D eigenvalue weighted by molar-refractivity contribution is -0.142. The second-order valence-corrected chi connectivity index (χ2v) is 4.62. The molecule has 0 spiro atoms. The van der Waals surface area contributed by atoms with Gasteiger partial charge in [-0.1, -0.05) is 13.8 Å². The minimum absolute atomic E-state index is 0.0240. The lowest BCUT2D eigenvalue weighted by Crippen LogP contribution is -2.17. The first-order valence-electron chi connectivity index (χ1n) is 5.75. The fourth-order valence-electron chi connectivity index (χ4n) is 2.48. The van der Waals surface area contributed by atoms with E-state index in [0.717, 1.165) is 25.1 Å². The lowest BCUT2D eigenvalue weighted by atomic mass is 9.96. The Morgan fingerprint density at radius 2 is 2.31 bits per heavy atom. The molecule has 2 N–H and O–H groups in total. The van der Waals surface area contributed by atoms with Gasteiger partial charge in [0.05, 0.1) is 5.92 Å². The smallest absolute Gasteiger partial charge is 0.307 e. The van der Waals surface area contributed by atoms with Crippen molar-refractivity contribution in [3.8, 4) is 0 Å². The van der Waals surface area contributed by atoms with Crippen LogP contribution in [0.1, 0.15) is 44.3 Å². The predicted octanol–water partition coefficient (Wildman–Crippen LogP) is 1.58. The molecule has 1 aliphatic rings. The van der Waals surface area contributed by atoms with Crippen molar-refractivity contribution in [2.45, 2.75) is 39.0 Å². The zero-order valence-corrected chi connectivity index (χ0v) is 9.60. The standard InChI is InChI=1S/C11H17N3O2/c1-3-9-12-10(14-13-9)7-4-6(2)5-8(7)11(15)16/h6-8H,3-5H2,1-2H3,(H,15,16)(H,12,13,14). The quantitative estimate of drug-likeness (QED) is 0.815. The molecule has 0 radical (unpaired) electrons. The van der Waals surface area contributed by atoms with Crippen molar-refractivity contribution in [3.63, 3.8) is 0 Å². The molecule has 0 aliphatic heterocycles. The van der Waals surface area contributed by atoms with Crippen molar-refractivity contribution < 1.29 is 9.90 Å². The van der Waals surface area contributed by atoms with Crippen LogP contribution in [0, 0.1) is 11.8 Å². The van der Waals surface area contributed by atoms with Gasteiger partial charge in [-0.15, -0.1) is 0 Å². The van der Waals surface area contributed by atoms with Gasteiger partial charge in [0.25, 0.3) is 0 Å². The van der Waals surface area contributed by atoms with Gasteiger partial charge in [-0.25, -0.2) is 4.98 Å². The Kier molecular flexibility index (Phi) is 2.94. The molecule has 1 fully saturated rings. The second-order valence-electron chi connectivity index (χ2n) is 4.62. The fourth-order valence-corrected chi connectivity index (χ4v) is 2.48. The van der Waals surface area contributed by atoms with Crippen LogP contribution in [-0.2, 0) is 11.2 Å². The Balaban J connectivity index is 2.21. The molecule has 0 bridgehead atoms. The lowest BCUT2D eigenvalue weighted by Gasteiger charge is -2.10. The van der Waals surface area contributed by atoms with Gasteiger partial charge in [-0.3, -0.25) is 9.89 Å². The van der Waals surface area contributed by atoms with Gasteiger partial charge in [0.1, 0.15) is 5.82 Å². The molecule has 0 amide bonds. The van der Waals surface area contributed by atoms with Crippen LogP contribution in [0.4, 0.5) is 0 Å². The van der Waals surface area contributed by atoms with Gasteiger partial charge >= 0.3 is 5.97 Å². The number of aryl methyl sites for hydroxylation is 1. The molecule has 0 aromatic carbocycles. The third-order valence-electron chi connectivity index (χ3n) is 3.33. The maximum Gasteiger partial charge on any atom is 0.307 e. The van der Waals surface area contributed by atoms with E-state index in [9.17, 15) is 4.79 Å². The van der Waals surface area contributed by atoms with Crippen LogP contribution in [-0.4, -0.2) is 26.3 Å². The van der Waals surface area contributed by atoms with E-state index in [1.54, 1.807) is 0 Å². The number of nitrogens with one attached hydrogen (secondary N) is 1. The highest BCUT2D eigenvalue weighted by Crippen LogP contribution is 2.41. The Morgan fingerprint density at radius 1 is 1.56 bits per heavy atom. The monoisotopic (exact) mass is 223 g/mol. The van der Waals surface area contributed by atoms with Crippen LogP contribution in [0.3, 0.4) is 0 Å². The Hall–Kier alpha value is -1.39. The van der Waals surface area contributed by atoms with Crippen LogP contribution in [0.15, 0.2) is 0 Å². The summed E-state index contributed by atoms with van der Waals surface area (Å²) in [5.74, 6) is 0.874. The van der Waals surface area contributed by atoms with Crippen molar-refractivity contribution in [1.29, 1.82) is 0 Å². The number of aromatic amines is 1. The molecule has 1 aromatic heterocycles. The summed E-state index contributed by atoms with van der Waals surface area (Å²) in [6.07, 6.45) is 2.40. The van der Waals surface area contributed by atoms with Crippen LogP contribution in [0.2, 0.25) is 0 Å². The summed E-state index contributed by atoms with van der Waals surface area (Å²) in [6.45, 7) is 4.08. The first-order chi connectivity index (χ1) is 7.61. The molecule has 16 heavy (non-hydrogen) atoms. The van der Waals surface area contributed by atoms with E-state index >= 15 is 0 Å². The zero-order chi connectivity index (χ0) is 11.7. The topological polar surface area (TPSA) is 78.9 Å². The number of rotatable bonds is 3. The summed E-state index contributed by atoms with van der Waals surface area (Å²) < 4.78 is 0. The summed E-state index contributed by atoms with van der Waals surface area (Å²) in [5.41, 5.74) is 0. The number of carbonyl (C=O) groups is 1. The zero-order valence-electron chi connectivity index (χ0n) is 9.60. The van der Waals surface area contributed by atoms with E-state index in [2.05, 4.69) is 22.1 Å². The van der Waals surface area contributed by atoms with E-state index in [0.29, 0.717) is 11.7 Å². The van der Waals surface area contributed by atoms with E-state index in [4.69, 9.17) is 5.11 Å². The van der Waals surface area contributed by atoms with Crippen molar-refractivity contribution >= 4 is 5.97 Å². The van der Waals surface area contributed by atoms with Crippen LogP contribution < -0.4 is 0 Å². The van der Waals surface area contributed by atoms with Crippen LogP contribution in [0.25, 0.3) is 0 Å². The number of carboxylic acid groups (broad SMARTS) is 1. The van der Waals surface area contributed by atoms with Gasteiger partial charge in [0.2, 0.25) is 0 Å². The molecular formula is C11H17N3O2. The summed E-state index contributed by atoms with van der Waals surface area (Å²) in [7, 11) is 0. The molecule has 1 heterocycles. The number of hydrogen-bond acceptors (Lipinski definition) is 3. The average molecular weight is 223 g/mol. The molecular weight excluding hydrogens is 206 g/mol. The number of hydrogen-bond donors (Lipinski definition) is 2. The van der Waals surface area contributed by atoms with Crippen molar-refractivity contribution in [2.24, 2.45) is 11.8 Å². The summed E-state index contributed by atoms with van der Waals surface area (Å²) >= 11 is 0. The third kappa shape index (κ3) is 1.94. The van der Waals surface area contributed by atoms with Gasteiger partial charge < -0.3 is 5.11 Å². The highest BCUT2D eigenvalue weighted by molar-refractivity contribution is 5.71. The largest absolute Gasteiger partial charge is 0.481 e. The van der Waals surface area contributed by atoms with Gasteiger partial charge in [-0.05, 0) is 18.8 Å². The van der Waals surface area contributed by atoms with E-state index < -0.39 is 5.97 Å². The second kappa shape index (κ2) is 4.23. The summed E-state index contributed by atoms with van der Waals surface area (Å²) in [5, 5.41) is 16.2. The maximum atomic E-state index is 11.1. The number of H-pyrrole nitrogens is 1. The Labute approximate surface area is 94.3 Å². The molecule has 1 saturated carbocycles. The molecule has 1 aliphatic carbocycles. The maximum absolute atomic E-state index is 11.1. The Morgan fingerprint density at radius 3 is 2.88 bits per heavy atom. The van der Waals surface area contributed by atoms with Crippen LogP contribution >= 0.6 is 0 Å². The van der Waals surface area contributed by atoms with Gasteiger partial charge in [0.15, 0.2) is 5.82 Å². The molecule has 88 valence electrons. The molecule has 3 unspecified atom stereocenters. The number of aromatic nitrogens is 3. The van der Waals surface area contributed by atoms with Gasteiger partial charge in [-0.2, -0.15) is 5.10 Å². The fraction of sp³-hybridized carbons (Fsp3) is 0.727. The van der Waals surface area contributed by atoms with Gasteiger partial charge in [0, 0.05) is 12.3 Å². The third-order valence-corrected chi connectivity index (χ3v) is 3.33. The number of aliphatic carboxylic acids is 1. The summed E-state index contributed by atoms with van der Waals surface area (Å²) in [4.78, 5) is 15.5. The predicted molar refractivity (Wildman–Crippen MR) is 58.0 cm³/mol. The number of nitrogens with zero attached hydrogens (tertiary/aromatic N) is 2. The van der Waals surface area contributed by atoms with E-state index in [1.807, 2.05) is 6.92 Å². The molecule has 1 aromatic rings. The average Bonchev–Trinajstić information content (AvgIpc) is 2.82. The molecule has 5 heteroatoms. The molecule has 2 rings (SSSR count). The Bertz CT molecular complexity index is 388. The minimum atomic E-state index is -0.725. The van der Waals surface area contributed by atoms with Crippen LogP contribution in [0.5, 0.6) is 0 Å². The van der Waals surface area contributed by atoms with Crippen molar-refractivity contribution in [3.05, 3.63) is 11.6 Å². The summed E-state index contributed by atoms with van der Waals surface area (Å²) in [6, 6.07) is 0. The van der Waals surface area contributed by atoms with Crippen molar-refractivity contribution in [1.82, 2.24) is 15.2 Å². The first-order valence-corrected chi connectivity index (χ1v) is 5.75. The highest BCUT2D eigenvalue weighted by Gasteiger charge is 2.39.